The Morgan fingerprint density at radius 1 is 1.09 bits per heavy atom. The Bertz CT molecular complexity index is 491. The predicted octanol–water partition coefficient (Wildman–Crippen LogP) is 4.32. The molecule has 1 heterocycles. The van der Waals surface area contributed by atoms with Crippen molar-refractivity contribution in [2.45, 2.75) is 38.1 Å². The Balaban J connectivity index is 1.96. The lowest BCUT2D eigenvalue weighted by atomic mass is 9.79. The second kappa shape index (κ2) is 7.65. The van der Waals surface area contributed by atoms with Gasteiger partial charge in [-0.3, -0.25) is 4.90 Å². The van der Waals surface area contributed by atoms with Crippen LogP contribution >= 0.6 is 31.9 Å². The number of nitrogens with one attached hydrogen (secondary N) is 1. The van der Waals surface area contributed by atoms with Crippen LogP contribution in [0.25, 0.3) is 0 Å². The van der Waals surface area contributed by atoms with Crippen LogP contribution in [-0.2, 0) is 0 Å². The minimum absolute atomic E-state index is 0.455. The van der Waals surface area contributed by atoms with Crippen LogP contribution in [0.3, 0.4) is 0 Å². The van der Waals surface area contributed by atoms with E-state index in [-0.39, 0.29) is 0 Å². The number of benzene rings is 1. The van der Waals surface area contributed by atoms with Gasteiger partial charge in [0, 0.05) is 41.2 Å². The molecular weight excluding hydrogens is 406 g/mol. The summed E-state index contributed by atoms with van der Waals surface area (Å²) in [5.41, 5.74) is 8.67. The number of piperazine rings is 1. The first-order valence-electron chi connectivity index (χ1n) is 8.36. The molecule has 2 aliphatic rings. The van der Waals surface area contributed by atoms with E-state index >= 15 is 0 Å². The normalized spacial score (nSPS) is 22.6. The molecule has 1 atom stereocenters. The van der Waals surface area contributed by atoms with Gasteiger partial charge in [-0.25, -0.2) is 0 Å². The minimum atomic E-state index is 0.455. The molecular formula is C17H25Br2N3. The third-order valence-corrected chi connectivity index (χ3v) is 6.20. The van der Waals surface area contributed by atoms with Crippen LogP contribution in [-0.4, -0.2) is 31.1 Å². The van der Waals surface area contributed by atoms with Crippen molar-refractivity contribution in [1.29, 1.82) is 0 Å². The molecule has 1 aliphatic heterocycles. The lowest BCUT2D eigenvalue weighted by molar-refractivity contribution is 0.104. The molecule has 0 amide bonds. The summed E-state index contributed by atoms with van der Waals surface area (Å²) in [7, 11) is 0. The van der Waals surface area contributed by atoms with Gasteiger partial charge in [0.25, 0.3) is 0 Å². The highest BCUT2D eigenvalue weighted by atomic mass is 79.9. The molecule has 3 rings (SSSR count). The van der Waals surface area contributed by atoms with E-state index in [0.29, 0.717) is 6.04 Å². The molecule has 0 unspecified atom stereocenters. The third kappa shape index (κ3) is 3.69. The molecule has 1 aliphatic carbocycles. The highest BCUT2D eigenvalue weighted by Gasteiger charge is 2.32. The fourth-order valence-corrected chi connectivity index (χ4v) is 5.27. The van der Waals surface area contributed by atoms with Gasteiger partial charge in [0.15, 0.2) is 0 Å². The lowest BCUT2D eigenvalue weighted by Crippen LogP contribution is -2.47. The fraction of sp³-hybridized carbons (Fsp3) is 0.647. The monoisotopic (exact) mass is 429 g/mol. The van der Waals surface area contributed by atoms with Crippen molar-refractivity contribution >= 4 is 37.5 Å². The Kier molecular flexibility index (Phi) is 5.82. The largest absolute Gasteiger partial charge is 0.398 e. The summed E-state index contributed by atoms with van der Waals surface area (Å²) in [6, 6.07) is 4.74. The van der Waals surface area contributed by atoms with Crippen LogP contribution in [0.5, 0.6) is 0 Å². The zero-order chi connectivity index (χ0) is 15.5. The zero-order valence-corrected chi connectivity index (χ0v) is 16.1. The number of halogens is 2. The number of hydrogen-bond donors (Lipinski definition) is 2. The molecule has 0 bridgehead atoms. The van der Waals surface area contributed by atoms with Crippen LogP contribution < -0.4 is 11.1 Å². The second-order valence-corrected chi connectivity index (χ2v) is 8.29. The van der Waals surface area contributed by atoms with Crippen molar-refractivity contribution in [3.8, 4) is 0 Å². The number of rotatable bonds is 3. The van der Waals surface area contributed by atoms with Crippen molar-refractivity contribution in [1.82, 2.24) is 10.2 Å². The highest BCUT2D eigenvalue weighted by molar-refractivity contribution is 9.11. The van der Waals surface area contributed by atoms with E-state index in [1.165, 1.54) is 37.7 Å². The van der Waals surface area contributed by atoms with Crippen molar-refractivity contribution in [2.75, 3.05) is 31.9 Å². The van der Waals surface area contributed by atoms with Gasteiger partial charge in [-0.1, -0.05) is 35.2 Å². The Labute approximate surface area is 150 Å². The summed E-state index contributed by atoms with van der Waals surface area (Å²) in [5, 5.41) is 3.47. The molecule has 1 aromatic rings. The first-order valence-corrected chi connectivity index (χ1v) is 9.94. The quantitative estimate of drug-likeness (QED) is 0.701. The SMILES string of the molecule is Nc1c(Br)cc(Br)cc1[C@H](C1CCCCC1)N1CCNCC1. The maximum atomic E-state index is 6.46. The first-order chi connectivity index (χ1) is 10.7. The number of anilines is 1. The molecule has 122 valence electrons. The third-order valence-electron chi connectivity index (χ3n) is 5.09. The van der Waals surface area contributed by atoms with Gasteiger partial charge in [-0.05, 0) is 52.4 Å². The van der Waals surface area contributed by atoms with Crippen molar-refractivity contribution in [3.63, 3.8) is 0 Å². The first kappa shape index (κ1) is 16.7. The molecule has 22 heavy (non-hydrogen) atoms. The summed E-state index contributed by atoms with van der Waals surface area (Å²) in [4.78, 5) is 2.65. The van der Waals surface area contributed by atoms with Crippen LogP contribution in [0, 0.1) is 5.92 Å². The molecule has 0 spiro atoms. The fourth-order valence-electron chi connectivity index (χ4n) is 4.01. The van der Waals surface area contributed by atoms with Gasteiger partial charge < -0.3 is 11.1 Å². The van der Waals surface area contributed by atoms with Crippen LogP contribution in [0.1, 0.15) is 43.7 Å². The molecule has 0 radical (unpaired) electrons. The number of nitrogens with two attached hydrogens (primary N) is 1. The van der Waals surface area contributed by atoms with E-state index < -0.39 is 0 Å². The van der Waals surface area contributed by atoms with Gasteiger partial charge in [0.2, 0.25) is 0 Å². The molecule has 3 N–H and O–H groups in total. The van der Waals surface area contributed by atoms with Crippen LogP contribution in [0.2, 0.25) is 0 Å². The van der Waals surface area contributed by atoms with E-state index in [9.17, 15) is 0 Å². The molecule has 0 aromatic heterocycles. The van der Waals surface area contributed by atoms with Crippen molar-refractivity contribution < 1.29 is 0 Å². The molecule has 1 saturated carbocycles. The van der Waals surface area contributed by atoms with E-state index in [1.807, 2.05) is 0 Å². The Morgan fingerprint density at radius 2 is 1.77 bits per heavy atom. The molecule has 1 saturated heterocycles. The number of nitrogens with zero attached hydrogens (tertiary/aromatic N) is 1. The van der Waals surface area contributed by atoms with Crippen molar-refractivity contribution in [3.05, 3.63) is 26.6 Å². The standard InChI is InChI=1S/C17H25Br2N3/c18-13-10-14(16(20)15(19)11-13)17(12-4-2-1-3-5-12)22-8-6-21-7-9-22/h10-12,17,21H,1-9,20H2/t17-/m0/s1. The van der Waals surface area contributed by atoms with Crippen LogP contribution in [0.15, 0.2) is 21.1 Å². The lowest BCUT2D eigenvalue weighted by Gasteiger charge is -2.41. The van der Waals surface area contributed by atoms with Gasteiger partial charge in [-0.15, -0.1) is 0 Å². The average molecular weight is 431 g/mol. The van der Waals surface area contributed by atoms with Gasteiger partial charge in [-0.2, -0.15) is 0 Å². The molecule has 2 fully saturated rings. The van der Waals surface area contributed by atoms with Gasteiger partial charge in [0.1, 0.15) is 0 Å². The maximum Gasteiger partial charge on any atom is 0.0507 e. The summed E-state index contributed by atoms with van der Waals surface area (Å²) >= 11 is 7.27. The van der Waals surface area contributed by atoms with Gasteiger partial charge in [0.05, 0.1) is 5.69 Å². The molecule has 3 nitrogen and oxygen atoms in total. The molecule has 1 aromatic carbocycles. The van der Waals surface area contributed by atoms with E-state index in [2.05, 4.69) is 54.2 Å². The Hall–Kier alpha value is -0.100. The van der Waals surface area contributed by atoms with Gasteiger partial charge >= 0.3 is 0 Å². The summed E-state index contributed by atoms with van der Waals surface area (Å²) in [6.07, 6.45) is 6.78. The summed E-state index contributed by atoms with van der Waals surface area (Å²) < 4.78 is 2.12. The van der Waals surface area contributed by atoms with Crippen molar-refractivity contribution in [2.24, 2.45) is 5.92 Å². The number of nitrogen functional groups attached to an aromatic ring is 1. The summed E-state index contributed by atoms with van der Waals surface area (Å²) in [5.74, 6) is 0.732. The Morgan fingerprint density at radius 3 is 2.45 bits per heavy atom. The summed E-state index contributed by atoms with van der Waals surface area (Å²) in [6.45, 7) is 4.39. The van der Waals surface area contributed by atoms with E-state index in [0.717, 1.165) is 46.7 Å². The number of hydrogen-bond acceptors (Lipinski definition) is 3. The predicted molar refractivity (Wildman–Crippen MR) is 100 cm³/mol. The molecule has 5 heteroatoms. The van der Waals surface area contributed by atoms with E-state index in [1.54, 1.807) is 0 Å². The zero-order valence-electron chi connectivity index (χ0n) is 13.0. The second-order valence-electron chi connectivity index (χ2n) is 6.52. The highest BCUT2D eigenvalue weighted by Crippen LogP contribution is 2.43. The smallest absolute Gasteiger partial charge is 0.0507 e. The van der Waals surface area contributed by atoms with Crippen LogP contribution in [0.4, 0.5) is 5.69 Å². The average Bonchev–Trinajstić information content (AvgIpc) is 2.54. The minimum Gasteiger partial charge on any atom is -0.398 e. The topological polar surface area (TPSA) is 41.3 Å². The maximum absolute atomic E-state index is 6.46. The van der Waals surface area contributed by atoms with E-state index in [4.69, 9.17) is 5.73 Å².